The summed E-state index contributed by atoms with van der Waals surface area (Å²) in [4.78, 5) is 27.6. The van der Waals surface area contributed by atoms with Gasteiger partial charge < -0.3 is 10.4 Å². The smallest absolute Gasteiger partial charge is 0.241 e. The van der Waals surface area contributed by atoms with Crippen LogP contribution in [0.5, 0.6) is 5.75 Å². The first-order valence-corrected chi connectivity index (χ1v) is 12.6. The molecule has 0 aromatic heterocycles. The number of phenols is 1. The summed E-state index contributed by atoms with van der Waals surface area (Å²) in [5.41, 5.74) is 1.11. The molecule has 1 unspecified atom stereocenters. The molecule has 33 heavy (non-hydrogen) atoms. The highest BCUT2D eigenvalue weighted by Gasteiger charge is 2.30. The first kappa shape index (κ1) is 24.9. The molecule has 1 aliphatic heterocycles. The molecular weight excluding hydrogens is 442 g/mol. The molecule has 0 aliphatic carbocycles. The van der Waals surface area contributed by atoms with E-state index in [0.29, 0.717) is 37.2 Å². The van der Waals surface area contributed by atoms with Gasteiger partial charge in [-0.3, -0.25) is 14.5 Å². The number of likely N-dealkylation sites (tertiary alicyclic amines) is 1. The number of nitrogens with zero attached hydrogens (tertiary/aromatic N) is 1. The largest absolute Gasteiger partial charge is 0.508 e. The predicted molar refractivity (Wildman–Crippen MR) is 127 cm³/mol. The van der Waals surface area contributed by atoms with Gasteiger partial charge in [0.1, 0.15) is 5.75 Å². The van der Waals surface area contributed by atoms with E-state index in [9.17, 15) is 23.1 Å². The highest BCUT2D eigenvalue weighted by atomic mass is 32.2. The van der Waals surface area contributed by atoms with Gasteiger partial charge in [0, 0.05) is 23.2 Å². The number of rotatable bonds is 8. The summed E-state index contributed by atoms with van der Waals surface area (Å²) in [5, 5.41) is 12.2. The molecule has 0 saturated carbocycles. The van der Waals surface area contributed by atoms with E-state index in [0.717, 1.165) is 0 Å². The first-order chi connectivity index (χ1) is 15.6. The average Bonchev–Trinajstić information content (AvgIpc) is 2.78. The minimum Gasteiger partial charge on any atom is -0.508 e. The van der Waals surface area contributed by atoms with Crippen molar-refractivity contribution in [2.75, 3.05) is 18.4 Å². The Labute approximate surface area is 195 Å². The van der Waals surface area contributed by atoms with Gasteiger partial charge in [-0.25, -0.2) is 13.1 Å². The van der Waals surface area contributed by atoms with E-state index in [2.05, 4.69) is 10.0 Å². The van der Waals surface area contributed by atoms with Crippen LogP contribution in [0, 0.1) is 5.92 Å². The second-order valence-electron chi connectivity index (χ2n) is 8.69. The summed E-state index contributed by atoms with van der Waals surface area (Å²) in [6, 6.07) is 11.8. The third-order valence-corrected chi connectivity index (χ3v) is 7.48. The van der Waals surface area contributed by atoms with Crippen LogP contribution >= 0.6 is 0 Å². The van der Waals surface area contributed by atoms with Crippen LogP contribution in [0.15, 0.2) is 53.4 Å². The molecule has 9 heteroatoms. The lowest BCUT2D eigenvalue weighted by Crippen LogP contribution is -2.47. The van der Waals surface area contributed by atoms with E-state index in [1.807, 2.05) is 11.8 Å². The number of hydrogen-bond donors (Lipinski definition) is 3. The fourth-order valence-electron chi connectivity index (χ4n) is 3.92. The predicted octanol–water partition coefficient (Wildman–Crippen LogP) is 3.00. The molecular formula is C24H31N3O5S. The first-order valence-electron chi connectivity index (χ1n) is 11.1. The lowest BCUT2D eigenvalue weighted by Gasteiger charge is -2.34. The Morgan fingerprint density at radius 1 is 0.970 bits per heavy atom. The zero-order chi connectivity index (χ0) is 24.2. The van der Waals surface area contributed by atoms with E-state index in [1.165, 1.54) is 24.3 Å². The maximum absolute atomic E-state index is 12.7. The summed E-state index contributed by atoms with van der Waals surface area (Å²) in [7, 11) is -3.58. The molecule has 2 aromatic carbocycles. The lowest BCUT2D eigenvalue weighted by atomic mass is 9.88. The van der Waals surface area contributed by atoms with Gasteiger partial charge in [-0.05, 0) is 95.2 Å². The van der Waals surface area contributed by atoms with Crippen LogP contribution in [-0.4, -0.2) is 55.3 Å². The fourth-order valence-corrected chi connectivity index (χ4v) is 5.17. The number of ketones is 1. The van der Waals surface area contributed by atoms with Gasteiger partial charge >= 0.3 is 0 Å². The Morgan fingerprint density at radius 2 is 1.55 bits per heavy atom. The number of amides is 1. The quantitative estimate of drug-likeness (QED) is 0.508. The zero-order valence-corrected chi connectivity index (χ0v) is 19.9. The van der Waals surface area contributed by atoms with Crippen molar-refractivity contribution in [1.82, 2.24) is 9.62 Å². The highest BCUT2D eigenvalue weighted by Crippen LogP contribution is 2.24. The van der Waals surface area contributed by atoms with Gasteiger partial charge in [-0.2, -0.15) is 0 Å². The Bertz CT molecular complexity index is 1070. The Kier molecular flexibility index (Phi) is 7.88. The molecule has 1 amide bonds. The standard InChI is InChI=1S/C24H31N3O5S/c1-16(2)26-33(31,32)22-10-6-20(7-11-22)25-24(30)17(3)27-14-12-19(13-15-27)23(29)18-4-8-21(28)9-5-18/h4-11,16-17,19,26,28H,12-15H2,1-3H3,(H,25,30). The SMILES string of the molecule is CC(C)NS(=O)(=O)c1ccc(NC(=O)C(C)N2CCC(C(=O)c3ccc(O)cc3)CC2)cc1. The molecule has 1 saturated heterocycles. The third-order valence-electron chi connectivity index (χ3n) is 5.80. The van der Waals surface area contributed by atoms with Crippen molar-refractivity contribution >= 4 is 27.4 Å². The van der Waals surface area contributed by atoms with Gasteiger partial charge in [0.25, 0.3) is 0 Å². The molecule has 1 atom stereocenters. The molecule has 8 nitrogen and oxygen atoms in total. The fraction of sp³-hybridized carbons (Fsp3) is 0.417. The summed E-state index contributed by atoms with van der Waals surface area (Å²) in [6.45, 7) is 6.57. The Hall–Kier alpha value is -2.75. The van der Waals surface area contributed by atoms with Crippen molar-refractivity contribution in [1.29, 1.82) is 0 Å². The molecule has 0 spiro atoms. The number of nitrogens with one attached hydrogen (secondary N) is 2. The van der Waals surface area contributed by atoms with E-state index >= 15 is 0 Å². The summed E-state index contributed by atoms with van der Waals surface area (Å²) in [6.07, 6.45) is 1.32. The molecule has 0 bridgehead atoms. The van der Waals surface area contributed by atoms with Crippen molar-refractivity contribution < 1.29 is 23.1 Å². The number of carbonyl (C=O) groups excluding carboxylic acids is 2. The summed E-state index contributed by atoms with van der Waals surface area (Å²) in [5.74, 6) is -0.0948. The topological polar surface area (TPSA) is 116 Å². The van der Waals surface area contributed by atoms with Crippen molar-refractivity contribution in [2.24, 2.45) is 5.92 Å². The van der Waals surface area contributed by atoms with E-state index in [1.54, 1.807) is 38.1 Å². The van der Waals surface area contributed by atoms with Crippen LogP contribution in [0.4, 0.5) is 5.69 Å². The zero-order valence-electron chi connectivity index (χ0n) is 19.1. The maximum Gasteiger partial charge on any atom is 0.241 e. The van der Waals surface area contributed by atoms with Crippen molar-refractivity contribution in [3.8, 4) is 5.75 Å². The second-order valence-corrected chi connectivity index (χ2v) is 10.4. The lowest BCUT2D eigenvalue weighted by molar-refractivity contribution is -0.121. The van der Waals surface area contributed by atoms with Crippen LogP contribution in [0.1, 0.15) is 44.0 Å². The molecule has 2 aromatic rings. The van der Waals surface area contributed by atoms with Gasteiger partial charge in [-0.15, -0.1) is 0 Å². The summed E-state index contributed by atoms with van der Waals surface area (Å²) >= 11 is 0. The second kappa shape index (κ2) is 10.5. The monoisotopic (exact) mass is 473 g/mol. The number of anilines is 1. The van der Waals surface area contributed by atoms with Gasteiger partial charge in [0.05, 0.1) is 10.9 Å². The average molecular weight is 474 g/mol. The number of hydrogen-bond acceptors (Lipinski definition) is 6. The van der Waals surface area contributed by atoms with Crippen molar-refractivity contribution in [3.63, 3.8) is 0 Å². The molecule has 1 fully saturated rings. The summed E-state index contributed by atoms with van der Waals surface area (Å²) < 4.78 is 27.0. The maximum atomic E-state index is 12.7. The molecule has 3 rings (SSSR count). The minimum absolute atomic E-state index is 0.0637. The van der Waals surface area contributed by atoms with Crippen LogP contribution < -0.4 is 10.0 Å². The highest BCUT2D eigenvalue weighted by molar-refractivity contribution is 7.89. The van der Waals surface area contributed by atoms with Crippen LogP contribution in [0.3, 0.4) is 0 Å². The van der Waals surface area contributed by atoms with E-state index in [-0.39, 0.29) is 40.3 Å². The molecule has 1 heterocycles. The van der Waals surface area contributed by atoms with Gasteiger partial charge in [0.15, 0.2) is 5.78 Å². The molecule has 0 radical (unpaired) electrons. The number of aromatic hydroxyl groups is 1. The normalized spacial score (nSPS) is 16.5. The van der Waals surface area contributed by atoms with Crippen LogP contribution in [0.25, 0.3) is 0 Å². The number of sulfonamides is 1. The Morgan fingerprint density at radius 3 is 2.09 bits per heavy atom. The van der Waals surface area contributed by atoms with Crippen LogP contribution in [0.2, 0.25) is 0 Å². The van der Waals surface area contributed by atoms with Crippen LogP contribution in [-0.2, 0) is 14.8 Å². The number of Topliss-reactive ketones (excluding diaryl/α,β-unsaturated/α-hetero) is 1. The molecule has 178 valence electrons. The van der Waals surface area contributed by atoms with E-state index in [4.69, 9.17) is 0 Å². The van der Waals surface area contributed by atoms with E-state index < -0.39 is 10.0 Å². The number of piperidine rings is 1. The minimum atomic E-state index is -3.58. The number of phenolic OH excluding ortho intramolecular Hbond substituents is 1. The van der Waals surface area contributed by atoms with Crippen molar-refractivity contribution in [2.45, 2.75) is 50.6 Å². The van der Waals surface area contributed by atoms with Gasteiger partial charge in [-0.1, -0.05) is 0 Å². The van der Waals surface area contributed by atoms with Gasteiger partial charge in [0.2, 0.25) is 15.9 Å². The van der Waals surface area contributed by atoms with Crippen molar-refractivity contribution in [3.05, 3.63) is 54.1 Å². The molecule has 3 N–H and O–H groups in total. The Balaban J connectivity index is 1.53. The number of carbonyl (C=O) groups is 2. The third kappa shape index (κ3) is 6.40. The molecule has 1 aliphatic rings. The number of benzene rings is 2.